The molecule has 7 nitrogen and oxygen atoms in total. The molecule has 3 rings (SSSR count). The highest BCUT2D eigenvalue weighted by Crippen LogP contribution is 2.18. The average Bonchev–Trinajstić information content (AvgIpc) is 3.04. The molecule has 0 aliphatic carbocycles. The van der Waals surface area contributed by atoms with Gasteiger partial charge in [0.2, 0.25) is 0 Å². The Morgan fingerprint density at radius 1 is 1.15 bits per heavy atom. The summed E-state index contributed by atoms with van der Waals surface area (Å²) in [4.78, 5) is 23.9. The van der Waals surface area contributed by atoms with Crippen molar-refractivity contribution in [2.24, 2.45) is 5.73 Å². The standard InChI is InChI=1S/C19H20N4O3/c1-12(13-7-3-2-4-8-13)21-18(24)17(26-19(20)25)11-16-14-9-5-6-10-15(14)22-23-16/h2-10,12,17H,11H2,1H3,(H2,20,25)(H,21,24)(H,22,23). The first-order valence-electron chi connectivity index (χ1n) is 8.28. The Morgan fingerprint density at radius 2 is 1.85 bits per heavy atom. The molecule has 134 valence electrons. The number of aromatic amines is 1. The number of primary amides is 1. The summed E-state index contributed by atoms with van der Waals surface area (Å²) in [6.07, 6.45) is -1.94. The van der Waals surface area contributed by atoms with Crippen molar-refractivity contribution >= 4 is 22.9 Å². The van der Waals surface area contributed by atoms with Crippen LogP contribution in [0.3, 0.4) is 0 Å². The predicted octanol–water partition coefficient (Wildman–Crippen LogP) is 2.45. The van der Waals surface area contributed by atoms with Crippen molar-refractivity contribution in [3.8, 4) is 0 Å². The number of hydrogen-bond donors (Lipinski definition) is 3. The first kappa shape index (κ1) is 17.5. The highest BCUT2D eigenvalue weighted by molar-refractivity contribution is 5.86. The monoisotopic (exact) mass is 352 g/mol. The predicted molar refractivity (Wildman–Crippen MR) is 97.3 cm³/mol. The van der Waals surface area contributed by atoms with Gasteiger partial charge in [-0.25, -0.2) is 4.79 Å². The molecule has 2 amide bonds. The summed E-state index contributed by atoms with van der Waals surface area (Å²) in [5.74, 6) is -0.424. The topological polar surface area (TPSA) is 110 Å². The van der Waals surface area contributed by atoms with Crippen LogP contribution in [0.2, 0.25) is 0 Å². The van der Waals surface area contributed by atoms with Gasteiger partial charge < -0.3 is 15.8 Å². The number of para-hydroxylation sites is 1. The molecule has 2 aromatic carbocycles. The van der Waals surface area contributed by atoms with Crippen LogP contribution < -0.4 is 11.1 Å². The second-order valence-electron chi connectivity index (χ2n) is 5.99. The Labute approximate surface area is 150 Å². The van der Waals surface area contributed by atoms with Gasteiger partial charge in [-0.2, -0.15) is 5.10 Å². The molecule has 0 bridgehead atoms. The largest absolute Gasteiger partial charge is 0.436 e. The van der Waals surface area contributed by atoms with Crippen LogP contribution in [0, 0.1) is 0 Å². The maximum absolute atomic E-state index is 12.6. The van der Waals surface area contributed by atoms with Crippen LogP contribution in [0.5, 0.6) is 0 Å². The molecule has 0 saturated heterocycles. The molecule has 3 aromatic rings. The van der Waals surface area contributed by atoms with Gasteiger partial charge >= 0.3 is 6.09 Å². The lowest BCUT2D eigenvalue weighted by Gasteiger charge is -2.19. The second kappa shape index (κ2) is 7.69. The van der Waals surface area contributed by atoms with Crippen LogP contribution in [0.25, 0.3) is 10.9 Å². The number of amides is 2. The van der Waals surface area contributed by atoms with E-state index in [-0.39, 0.29) is 12.5 Å². The normalized spacial score (nSPS) is 13.1. The number of nitrogens with two attached hydrogens (primary N) is 1. The van der Waals surface area contributed by atoms with Crippen LogP contribution in [-0.4, -0.2) is 28.3 Å². The Bertz CT molecular complexity index is 907. The smallest absolute Gasteiger partial charge is 0.405 e. The summed E-state index contributed by atoms with van der Waals surface area (Å²) in [7, 11) is 0. The number of benzene rings is 2. The Balaban J connectivity index is 1.77. The molecule has 0 saturated carbocycles. The number of aromatic nitrogens is 2. The number of nitrogens with zero attached hydrogens (tertiary/aromatic N) is 1. The van der Waals surface area contributed by atoms with E-state index in [1.54, 1.807) is 0 Å². The molecule has 0 aliphatic heterocycles. The van der Waals surface area contributed by atoms with Crippen LogP contribution in [-0.2, 0) is 16.0 Å². The lowest BCUT2D eigenvalue weighted by atomic mass is 10.1. The van der Waals surface area contributed by atoms with Gasteiger partial charge in [0.25, 0.3) is 5.91 Å². The zero-order valence-corrected chi connectivity index (χ0v) is 14.3. The van der Waals surface area contributed by atoms with Crippen molar-refractivity contribution in [3.05, 3.63) is 65.9 Å². The van der Waals surface area contributed by atoms with E-state index in [2.05, 4.69) is 15.5 Å². The summed E-state index contributed by atoms with van der Waals surface area (Å²) in [5, 5.41) is 10.8. The van der Waals surface area contributed by atoms with Crippen molar-refractivity contribution in [2.45, 2.75) is 25.5 Å². The van der Waals surface area contributed by atoms with Gasteiger partial charge in [-0.1, -0.05) is 48.5 Å². The average molecular weight is 352 g/mol. The van der Waals surface area contributed by atoms with E-state index in [0.29, 0.717) is 5.69 Å². The molecule has 26 heavy (non-hydrogen) atoms. The van der Waals surface area contributed by atoms with Gasteiger partial charge in [-0.3, -0.25) is 9.89 Å². The molecule has 7 heteroatoms. The fourth-order valence-corrected chi connectivity index (χ4v) is 2.81. The van der Waals surface area contributed by atoms with Crippen molar-refractivity contribution in [1.82, 2.24) is 15.5 Å². The third-order valence-electron chi connectivity index (χ3n) is 4.14. The fourth-order valence-electron chi connectivity index (χ4n) is 2.81. The number of H-pyrrole nitrogens is 1. The third-order valence-corrected chi connectivity index (χ3v) is 4.14. The Morgan fingerprint density at radius 3 is 2.58 bits per heavy atom. The van der Waals surface area contributed by atoms with Crippen molar-refractivity contribution < 1.29 is 14.3 Å². The second-order valence-corrected chi connectivity index (χ2v) is 5.99. The first-order valence-corrected chi connectivity index (χ1v) is 8.28. The van der Waals surface area contributed by atoms with Crippen LogP contribution in [0.4, 0.5) is 4.79 Å². The number of carbonyl (C=O) groups is 2. The van der Waals surface area contributed by atoms with Gasteiger partial charge in [-0.05, 0) is 18.6 Å². The molecule has 2 atom stereocenters. The van der Waals surface area contributed by atoms with E-state index >= 15 is 0 Å². The minimum Gasteiger partial charge on any atom is -0.436 e. The summed E-state index contributed by atoms with van der Waals surface area (Å²) in [5.41, 5.74) is 7.57. The number of rotatable bonds is 6. The van der Waals surface area contributed by atoms with Gasteiger partial charge in [0.05, 0.1) is 17.3 Å². The van der Waals surface area contributed by atoms with Gasteiger partial charge in [-0.15, -0.1) is 0 Å². The lowest BCUT2D eigenvalue weighted by molar-refractivity contribution is -0.130. The Hall–Kier alpha value is -3.35. The van der Waals surface area contributed by atoms with Crippen LogP contribution >= 0.6 is 0 Å². The number of fused-ring (bicyclic) bond motifs is 1. The van der Waals surface area contributed by atoms with Crippen molar-refractivity contribution in [2.75, 3.05) is 0 Å². The minimum absolute atomic E-state index is 0.125. The molecule has 0 aliphatic rings. The SMILES string of the molecule is CC(NC(=O)C(Cc1n[nH]c2ccccc12)OC(N)=O)c1ccccc1. The summed E-state index contributed by atoms with van der Waals surface area (Å²) in [6.45, 7) is 1.86. The number of ether oxygens (including phenoxy) is 1. The highest BCUT2D eigenvalue weighted by Gasteiger charge is 2.26. The molecular weight excluding hydrogens is 332 g/mol. The number of carbonyl (C=O) groups excluding carboxylic acids is 2. The van der Waals surface area contributed by atoms with Crippen molar-refractivity contribution in [3.63, 3.8) is 0 Å². The van der Waals surface area contributed by atoms with Crippen LogP contribution in [0.15, 0.2) is 54.6 Å². The van der Waals surface area contributed by atoms with E-state index < -0.39 is 18.1 Å². The van der Waals surface area contributed by atoms with E-state index in [1.807, 2.05) is 61.5 Å². The van der Waals surface area contributed by atoms with E-state index in [1.165, 1.54) is 0 Å². The number of hydrogen-bond acceptors (Lipinski definition) is 4. The summed E-state index contributed by atoms with van der Waals surface area (Å²) >= 11 is 0. The molecule has 0 spiro atoms. The minimum atomic E-state index is -1.06. The van der Waals surface area contributed by atoms with E-state index in [9.17, 15) is 9.59 Å². The van der Waals surface area contributed by atoms with Crippen LogP contribution in [0.1, 0.15) is 24.2 Å². The molecule has 1 aromatic heterocycles. The van der Waals surface area contributed by atoms with Crippen molar-refractivity contribution in [1.29, 1.82) is 0 Å². The zero-order chi connectivity index (χ0) is 18.5. The molecule has 4 N–H and O–H groups in total. The van der Waals surface area contributed by atoms with E-state index in [4.69, 9.17) is 10.5 Å². The first-order chi connectivity index (χ1) is 12.5. The molecule has 2 unspecified atom stereocenters. The fraction of sp³-hybridized carbons (Fsp3) is 0.211. The maximum Gasteiger partial charge on any atom is 0.405 e. The Kier molecular flexibility index (Phi) is 5.17. The summed E-state index contributed by atoms with van der Waals surface area (Å²) in [6, 6.07) is 16.8. The molecule has 1 heterocycles. The number of nitrogens with one attached hydrogen (secondary N) is 2. The third kappa shape index (κ3) is 4.00. The maximum atomic E-state index is 12.6. The molecule has 0 fully saturated rings. The lowest BCUT2D eigenvalue weighted by Crippen LogP contribution is -2.41. The molecular formula is C19H20N4O3. The zero-order valence-electron chi connectivity index (χ0n) is 14.3. The quantitative estimate of drug-likeness (QED) is 0.633. The highest BCUT2D eigenvalue weighted by atomic mass is 16.6. The van der Waals surface area contributed by atoms with Gasteiger partial charge in [0, 0.05) is 11.8 Å². The van der Waals surface area contributed by atoms with Gasteiger partial charge in [0.15, 0.2) is 6.10 Å². The molecule has 0 radical (unpaired) electrons. The summed E-state index contributed by atoms with van der Waals surface area (Å²) < 4.78 is 5.04. The van der Waals surface area contributed by atoms with E-state index in [0.717, 1.165) is 16.5 Å². The van der Waals surface area contributed by atoms with Gasteiger partial charge in [0.1, 0.15) is 0 Å².